The van der Waals surface area contributed by atoms with E-state index in [2.05, 4.69) is 20.1 Å². The van der Waals surface area contributed by atoms with Gasteiger partial charge in [0.15, 0.2) is 5.82 Å². The van der Waals surface area contributed by atoms with E-state index in [-0.39, 0.29) is 0 Å². The van der Waals surface area contributed by atoms with Crippen LogP contribution in [0, 0.1) is 6.92 Å². The summed E-state index contributed by atoms with van der Waals surface area (Å²) in [6.45, 7) is 1.82. The van der Waals surface area contributed by atoms with Crippen molar-refractivity contribution >= 4 is 5.97 Å². The van der Waals surface area contributed by atoms with Crippen LogP contribution in [0.2, 0.25) is 0 Å². The summed E-state index contributed by atoms with van der Waals surface area (Å²) in [6.07, 6.45) is 5.32. The molecule has 0 aliphatic heterocycles. The van der Waals surface area contributed by atoms with E-state index in [1.807, 2.05) is 26.1 Å². The maximum Gasteiger partial charge on any atom is 0.346 e. The number of carbonyl (C=O) groups is 1. The summed E-state index contributed by atoms with van der Waals surface area (Å²) in [5.41, 5.74) is 2.10. The number of ether oxygens (including phenoxy) is 1. The highest BCUT2D eigenvalue weighted by molar-refractivity contribution is 5.92. The van der Waals surface area contributed by atoms with Crippen LogP contribution in [-0.2, 0) is 7.05 Å². The molecule has 0 radical (unpaired) electrons. The van der Waals surface area contributed by atoms with Crippen LogP contribution in [0.15, 0.2) is 36.8 Å². The fraction of sp³-hybridized carbons (Fsp3) is 0.278. The van der Waals surface area contributed by atoms with E-state index in [0.29, 0.717) is 28.9 Å². The second-order valence-corrected chi connectivity index (χ2v) is 6.15. The molecule has 0 amide bonds. The Balaban J connectivity index is 1.53. The Labute approximate surface area is 144 Å². The first-order valence-electron chi connectivity index (χ1n) is 8.12. The number of esters is 1. The van der Waals surface area contributed by atoms with Crippen molar-refractivity contribution < 1.29 is 9.53 Å². The van der Waals surface area contributed by atoms with Crippen LogP contribution in [0.1, 0.15) is 40.6 Å². The fourth-order valence-corrected chi connectivity index (χ4v) is 2.62. The second-order valence-electron chi connectivity index (χ2n) is 6.15. The van der Waals surface area contributed by atoms with Crippen molar-refractivity contribution in [2.45, 2.75) is 25.7 Å². The number of nitrogens with zero attached hydrogens (tertiary/aromatic N) is 5. The SMILES string of the molecule is Cc1ncc(C(=O)Oc2ccc(-c3ncn(C)n3)cc2)c(C2CC2)n1. The summed E-state index contributed by atoms with van der Waals surface area (Å²) in [5.74, 6) is 1.69. The molecule has 1 aliphatic carbocycles. The molecule has 0 saturated heterocycles. The van der Waals surface area contributed by atoms with Gasteiger partial charge in [0.1, 0.15) is 23.5 Å². The lowest BCUT2D eigenvalue weighted by Gasteiger charge is -2.08. The van der Waals surface area contributed by atoms with Gasteiger partial charge in [-0.05, 0) is 44.0 Å². The van der Waals surface area contributed by atoms with E-state index in [4.69, 9.17) is 4.74 Å². The lowest BCUT2D eigenvalue weighted by Crippen LogP contribution is -2.13. The highest BCUT2D eigenvalue weighted by atomic mass is 16.5. The zero-order valence-corrected chi connectivity index (χ0v) is 14.0. The van der Waals surface area contributed by atoms with Crippen LogP contribution in [0.4, 0.5) is 0 Å². The maximum absolute atomic E-state index is 12.5. The molecule has 0 spiro atoms. The van der Waals surface area contributed by atoms with Gasteiger partial charge in [-0.15, -0.1) is 0 Å². The van der Waals surface area contributed by atoms with Gasteiger partial charge in [0.05, 0.1) is 5.69 Å². The lowest BCUT2D eigenvalue weighted by molar-refractivity contribution is 0.0732. The van der Waals surface area contributed by atoms with Crippen LogP contribution in [0.25, 0.3) is 11.4 Å². The molecule has 1 aromatic carbocycles. The predicted molar refractivity (Wildman–Crippen MR) is 90.1 cm³/mol. The number of hydrogen-bond acceptors (Lipinski definition) is 6. The van der Waals surface area contributed by atoms with Gasteiger partial charge >= 0.3 is 5.97 Å². The highest BCUT2D eigenvalue weighted by Crippen LogP contribution is 2.40. The molecule has 7 nitrogen and oxygen atoms in total. The summed E-state index contributed by atoms with van der Waals surface area (Å²) in [7, 11) is 1.81. The molecule has 0 N–H and O–H groups in total. The van der Waals surface area contributed by atoms with Crippen molar-refractivity contribution in [2.24, 2.45) is 7.05 Å². The first-order chi connectivity index (χ1) is 12.1. The summed E-state index contributed by atoms with van der Waals surface area (Å²) < 4.78 is 7.13. The van der Waals surface area contributed by atoms with Gasteiger partial charge in [0, 0.05) is 24.7 Å². The minimum absolute atomic E-state index is 0.349. The number of hydrogen-bond donors (Lipinski definition) is 0. The Morgan fingerprint density at radius 1 is 1.20 bits per heavy atom. The lowest BCUT2D eigenvalue weighted by atomic mass is 10.1. The number of benzene rings is 1. The summed E-state index contributed by atoms with van der Waals surface area (Å²) in [6, 6.07) is 7.11. The third kappa shape index (κ3) is 3.26. The molecule has 25 heavy (non-hydrogen) atoms. The molecule has 3 aromatic rings. The van der Waals surface area contributed by atoms with Gasteiger partial charge in [0.2, 0.25) is 0 Å². The summed E-state index contributed by atoms with van der Waals surface area (Å²) >= 11 is 0. The van der Waals surface area contributed by atoms with Gasteiger partial charge in [-0.1, -0.05) is 0 Å². The van der Waals surface area contributed by atoms with E-state index < -0.39 is 5.97 Å². The van der Waals surface area contributed by atoms with Crippen molar-refractivity contribution in [2.75, 3.05) is 0 Å². The Kier molecular flexibility index (Phi) is 3.76. The van der Waals surface area contributed by atoms with Crippen molar-refractivity contribution in [3.63, 3.8) is 0 Å². The van der Waals surface area contributed by atoms with Crippen LogP contribution in [-0.4, -0.2) is 30.7 Å². The zero-order chi connectivity index (χ0) is 17.4. The maximum atomic E-state index is 12.5. The number of aromatic nitrogens is 5. The summed E-state index contributed by atoms with van der Waals surface area (Å²) in [5, 5.41) is 4.25. The first kappa shape index (κ1) is 15.4. The van der Waals surface area contributed by atoms with Crippen molar-refractivity contribution in [1.82, 2.24) is 24.7 Å². The minimum atomic E-state index is -0.425. The Morgan fingerprint density at radius 3 is 2.60 bits per heavy atom. The quantitative estimate of drug-likeness (QED) is 0.538. The monoisotopic (exact) mass is 335 g/mol. The summed E-state index contributed by atoms with van der Waals surface area (Å²) in [4.78, 5) is 25.3. The Hall–Kier alpha value is -3.09. The van der Waals surface area contributed by atoms with E-state index in [1.165, 1.54) is 0 Å². The molecule has 4 rings (SSSR count). The molecule has 1 aliphatic rings. The normalized spacial score (nSPS) is 13.7. The molecular weight excluding hydrogens is 318 g/mol. The number of carbonyl (C=O) groups excluding carboxylic acids is 1. The largest absolute Gasteiger partial charge is 0.423 e. The van der Waals surface area contributed by atoms with E-state index in [1.54, 1.807) is 29.3 Å². The zero-order valence-electron chi connectivity index (χ0n) is 14.0. The van der Waals surface area contributed by atoms with E-state index in [9.17, 15) is 4.79 Å². The molecule has 126 valence electrons. The average Bonchev–Trinajstić information content (AvgIpc) is 3.36. The number of aryl methyl sites for hydroxylation is 2. The molecule has 0 bridgehead atoms. The van der Waals surface area contributed by atoms with Crippen LogP contribution >= 0.6 is 0 Å². The van der Waals surface area contributed by atoms with E-state index in [0.717, 1.165) is 24.1 Å². The van der Waals surface area contributed by atoms with Crippen molar-refractivity contribution in [3.8, 4) is 17.1 Å². The average molecular weight is 335 g/mol. The Morgan fingerprint density at radius 2 is 1.96 bits per heavy atom. The molecule has 2 aromatic heterocycles. The number of rotatable bonds is 4. The standard InChI is InChI=1S/C18H17N5O2/c1-11-19-9-15(16(21-11)12-3-4-12)18(24)25-14-7-5-13(6-8-14)17-20-10-23(2)22-17/h5-10,12H,3-4H2,1-2H3. The molecule has 1 fully saturated rings. The minimum Gasteiger partial charge on any atom is -0.423 e. The third-order valence-corrected chi connectivity index (χ3v) is 4.05. The van der Waals surface area contributed by atoms with Gasteiger partial charge < -0.3 is 4.74 Å². The van der Waals surface area contributed by atoms with Crippen LogP contribution in [0.3, 0.4) is 0 Å². The van der Waals surface area contributed by atoms with Gasteiger partial charge in [-0.3, -0.25) is 4.68 Å². The fourth-order valence-electron chi connectivity index (χ4n) is 2.62. The van der Waals surface area contributed by atoms with Gasteiger partial charge in [-0.25, -0.2) is 19.7 Å². The first-order valence-corrected chi connectivity index (χ1v) is 8.12. The van der Waals surface area contributed by atoms with Gasteiger partial charge in [-0.2, -0.15) is 5.10 Å². The smallest absolute Gasteiger partial charge is 0.346 e. The van der Waals surface area contributed by atoms with Gasteiger partial charge in [0.25, 0.3) is 0 Å². The van der Waals surface area contributed by atoms with E-state index >= 15 is 0 Å². The molecule has 7 heteroatoms. The Bertz CT molecular complexity index is 929. The molecular formula is C18H17N5O2. The molecule has 2 heterocycles. The molecule has 0 atom stereocenters. The van der Waals surface area contributed by atoms with Crippen molar-refractivity contribution in [3.05, 3.63) is 53.9 Å². The second kappa shape index (κ2) is 6.08. The predicted octanol–water partition coefficient (Wildman–Crippen LogP) is 2.68. The van der Waals surface area contributed by atoms with Crippen LogP contribution in [0.5, 0.6) is 5.75 Å². The molecule has 0 unspecified atom stereocenters. The van der Waals surface area contributed by atoms with Crippen molar-refractivity contribution in [1.29, 1.82) is 0 Å². The molecule has 1 saturated carbocycles. The topological polar surface area (TPSA) is 82.8 Å². The van der Waals surface area contributed by atoms with Crippen LogP contribution < -0.4 is 4.74 Å². The highest BCUT2D eigenvalue weighted by Gasteiger charge is 2.30. The third-order valence-electron chi connectivity index (χ3n) is 4.05.